The maximum atomic E-state index is 11.9. The Labute approximate surface area is 113 Å². The molecule has 0 spiro atoms. The van der Waals surface area contributed by atoms with Gasteiger partial charge in [0, 0.05) is 0 Å². The SMILES string of the molecule is COc1cccc(C2(C(=O)Cl)CCN(C)CC2)c1. The summed E-state index contributed by atoms with van der Waals surface area (Å²) in [6.07, 6.45) is 1.53. The molecule has 0 amide bonds. The molecule has 0 N–H and O–H groups in total. The lowest BCUT2D eigenvalue weighted by atomic mass is 9.74. The van der Waals surface area contributed by atoms with E-state index in [-0.39, 0.29) is 5.24 Å². The van der Waals surface area contributed by atoms with Crippen LogP contribution in [0.3, 0.4) is 0 Å². The molecule has 0 aliphatic carbocycles. The maximum Gasteiger partial charge on any atom is 0.232 e. The van der Waals surface area contributed by atoms with Gasteiger partial charge in [-0.2, -0.15) is 0 Å². The maximum absolute atomic E-state index is 11.9. The van der Waals surface area contributed by atoms with Crippen LogP contribution in [0.5, 0.6) is 5.75 Å². The highest BCUT2D eigenvalue weighted by Gasteiger charge is 2.41. The summed E-state index contributed by atoms with van der Waals surface area (Å²) >= 11 is 5.89. The fourth-order valence-corrected chi connectivity index (χ4v) is 2.82. The van der Waals surface area contributed by atoms with Gasteiger partial charge in [-0.15, -0.1) is 0 Å². The van der Waals surface area contributed by atoms with Crippen molar-refractivity contribution in [3.8, 4) is 5.75 Å². The minimum atomic E-state index is -0.553. The third-order valence-corrected chi connectivity index (χ3v) is 4.20. The number of nitrogens with zero attached hydrogens (tertiary/aromatic N) is 1. The molecule has 1 aromatic rings. The van der Waals surface area contributed by atoms with Crippen LogP contribution in [0.2, 0.25) is 0 Å². The highest BCUT2D eigenvalue weighted by atomic mass is 35.5. The van der Waals surface area contributed by atoms with Gasteiger partial charge in [0.15, 0.2) is 0 Å². The number of rotatable bonds is 3. The Bertz CT molecular complexity index is 439. The molecule has 0 radical (unpaired) electrons. The predicted molar refractivity (Wildman–Crippen MR) is 72.3 cm³/mol. The van der Waals surface area contributed by atoms with Crippen LogP contribution in [0.4, 0.5) is 0 Å². The van der Waals surface area contributed by atoms with Gasteiger partial charge in [-0.25, -0.2) is 0 Å². The number of hydrogen-bond donors (Lipinski definition) is 0. The van der Waals surface area contributed by atoms with Crippen LogP contribution in [0, 0.1) is 0 Å². The monoisotopic (exact) mass is 267 g/mol. The fourth-order valence-electron chi connectivity index (χ4n) is 2.52. The van der Waals surface area contributed by atoms with Gasteiger partial charge in [0.05, 0.1) is 12.5 Å². The van der Waals surface area contributed by atoms with Gasteiger partial charge in [0.2, 0.25) is 5.24 Å². The minimum absolute atomic E-state index is 0.260. The summed E-state index contributed by atoms with van der Waals surface area (Å²) in [5, 5.41) is -0.260. The second-order valence-corrected chi connectivity index (χ2v) is 5.23. The lowest BCUT2D eigenvalue weighted by Crippen LogP contribution is -2.44. The van der Waals surface area contributed by atoms with E-state index in [1.165, 1.54) is 0 Å². The molecular weight excluding hydrogens is 250 g/mol. The molecule has 4 heteroatoms. The summed E-state index contributed by atoms with van der Waals surface area (Å²) in [4.78, 5) is 14.2. The van der Waals surface area contributed by atoms with Gasteiger partial charge in [0.1, 0.15) is 5.75 Å². The number of halogens is 1. The zero-order chi connectivity index (χ0) is 13.2. The van der Waals surface area contributed by atoms with Crippen molar-refractivity contribution in [3.05, 3.63) is 29.8 Å². The first-order valence-electron chi connectivity index (χ1n) is 6.11. The zero-order valence-electron chi connectivity index (χ0n) is 10.8. The van der Waals surface area contributed by atoms with Crippen molar-refractivity contribution in [3.63, 3.8) is 0 Å². The molecule has 1 aromatic carbocycles. The van der Waals surface area contributed by atoms with Crippen LogP contribution >= 0.6 is 11.6 Å². The van der Waals surface area contributed by atoms with E-state index in [0.29, 0.717) is 0 Å². The Hall–Kier alpha value is -1.06. The molecular formula is C14H18ClNO2. The number of likely N-dealkylation sites (tertiary alicyclic amines) is 1. The molecule has 1 aliphatic rings. The molecule has 18 heavy (non-hydrogen) atoms. The molecule has 1 fully saturated rings. The quantitative estimate of drug-likeness (QED) is 0.788. The van der Waals surface area contributed by atoms with E-state index in [1.54, 1.807) is 7.11 Å². The molecule has 0 unspecified atom stereocenters. The standard InChI is InChI=1S/C14H18ClNO2/c1-16-8-6-14(7-9-16,13(15)17)11-4-3-5-12(10-11)18-2/h3-5,10H,6-9H2,1-2H3. The number of hydrogen-bond acceptors (Lipinski definition) is 3. The van der Waals surface area contributed by atoms with Crippen LogP contribution in [0.1, 0.15) is 18.4 Å². The van der Waals surface area contributed by atoms with Crippen LogP contribution < -0.4 is 4.74 Å². The largest absolute Gasteiger partial charge is 0.497 e. The summed E-state index contributed by atoms with van der Waals surface area (Å²) in [5.41, 5.74) is 0.415. The smallest absolute Gasteiger partial charge is 0.232 e. The molecule has 1 saturated heterocycles. The van der Waals surface area contributed by atoms with Gasteiger partial charge in [0.25, 0.3) is 0 Å². The van der Waals surface area contributed by atoms with Gasteiger partial charge in [-0.1, -0.05) is 12.1 Å². The third kappa shape index (κ3) is 2.38. The van der Waals surface area contributed by atoms with Gasteiger partial charge in [-0.3, -0.25) is 4.79 Å². The number of methoxy groups -OCH3 is 1. The first-order valence-corrected chi connectivity index (χ1v) is 6.49. The van der Waals surface area contributed by atoms with E-state index in [0.717, 1.165) is 37.2 Å². The van der Waals surface area contributed by atoms with Crippen LogP contribution in [-0.2, 0) is 10.2 Å². The van der Waals surface area contributed by atoms with E-state index in [1.807, 2.05) is 24.3 Å². The summed E-state index contributed by atoms with van der Waals surface area (Å²) in [6, 6.07) is 7.68. The van der Waals surface area contributed by atoms with Crippen molar-refractivity contribution in [1.82, 2.24) is 4.90 Å². The van der Waals surface area contributed by atoms with Crippen molar-refractivity contribution in [2.75, 3.05) is 27.2 Å². The van der Waals surface area contributed by atoms with E-state index in [4.69, 9.17) is 16.3 Å². The van der Waals surface area contributed by atoms with E-state index >= 15 is 0 Å². The highest BCUT2D eigenvalue weighted by molar-refractivity contribution is 6.65. The van der Waals surface area contributed by atoms with E-state index in [2.05, 4.69) is 11.9 Å². The van der Waals surface area contributed by atoms with E-state index in [9.17, 15) is 4.79 Å². The topological polar surface area (TPSA) is 29.5 Å². The molecule has 1 heterocycles. The lowest BCUT2D eigenvalue weighted by Gasteiger charge is -2.38. The minimum Gasteiger partial charge on any atom is -0.497 e. The molecule has 1 aliphatic heterocycles. The predicted octanol–water partition coefficient (Wildman–Crippen LogP) is 2.42. The molecule has 3 nitrogen and oxygen atoms in total. The Kier molecular flexibility index (Phi) is 3.93. The first kappa shape index (κ1) is 13.4. The number of ether oxygens (including phenoxy) is 1. The molecule has 2 rings (SSSR count). The van der Waals surface area contributed by atoms with E-state index < -0.39 is 5.41 Å². The molecule has 0 saturated carbocycles. The highest BCUT2D eigenvalue weighted by Crippen LogP contribution is 2.38. The van der Waals surface area contributed by atoms with Crippen LogP contribution in [-0.4, -0.2) is 37.4 Å². The van der Waals surface area contributed by atoms with Gasteiger partial charge in [-0.05, 0) is 62.3 Å². The number of carbonyl (C=O) groups is 1. The number of carbonyl (C=O) groups excluding carboxylic acids is 1. The van der Waals surface area contributed by atoms with Crippen molar-refractivity contribution in [2.24, 2.45) is 0 Å². The normalized spacial score (nSPS) is 19.5. The van der Waals surface area contributed by atoms with Crippen molar-refractivity contribution < 1.29 is 9.53 Å². The Morgan fingerprint density at radius 2 is 2.06 bits per heavy atom. The first-order chi connectivity index (χ1) is 8.58. The number of benzene rings is 1. The molecule has 98 valence electrons. The third-order valence-electron chi connectivity index (χ3n) is 3.84. The van der Waals surface area contributed by atoms with Gasteiger partial charge >= 0.3 is 0 Å². The molecule has 0 atom stereocenters. The Balaban J connectivity index is 2.38. The van der Waals surface area contributed by atoms with Gasteiger partial charge < -0.3 is 9.64 Å². The van der Waals surface area contributed by atoms with Crippen molar-refractivity contribution in [2.45, 2.75) is 18.3 Å². The Morgan fingerprint density at radius 3 is 2.61 bits per heavy atom. The average Bonchev–Trinajstić information content (AvgIpc) is 2.39. The summed E-state index contributed by atoms with van der Waals surface area (Å²) in [5.74, 6) is 0.767. The summed E-state index contributed by atoms with van der Waals surface area (Å²) < 4.78 is 5.23. The molecule has 0 aromatic heterocycles. The lowest BCUT2D eigenvalue weighted by molar-refractivity contribution is -0.118. The second-order valence-electron chi connectivity index (χ2n) is 4.89. The van der Waals surface area contributed by atoms with Crippen LogP contribution in [0.25, 0.3) is 0 Å². The average molecular weight is 268 g/mol. The molecule has 0 bridgehead atoms. The van der Waals surface area contributed by atoms with Crippen LogP contribution in [0.15, 0.2) is 24.3 Å². The summed E-state index contributed by atoms with van der Waals surface area (Å²) in [7, 11) is 3.69. The second kappa shape index (κ2) is 5.29. The summed E-state index contributed by atoms with van der Waals surface area (Å²) in [6.45, 7) is 1.77. The fraction of sp³-hybridized carbons (Fsp3) is 0.500. The van der Waals surface area contributed by atoms with Crippen molar-refractivity contribution >= 4 is 16.8 Å². The Morgan fingerprint density at radius 1 is 1.39 bits per heavy atom. The van der Waals surface area contributed by atoms with Crippen molar-refractivity contribution in [1.29, 1.82) is 0 Å². The number of piperidine rings is 1. The zero-order valence-corrected chi connectivity index (χ0v) is 11.5.